The average Bonchev–Trinajstić information content (AvgIpc) is 2.98. The van der Waals surface area contributed by atoms with Crippen LogP contribution in [-0.4, -0.2) is 46.8 Å². The van der Waals surface area contributed by atoms with Gasteiger partial charge in [-0.05, 0) is 36.0 Å². The molecule has 5 nitrogen and oxygen atoms in total. The second kappa shape index (κ2) is 11.3. The number of nitrogens with zero attached hydrogens (tertiary/aromatic N) is 4. The van der Waals surface area contributed by atoms with Gasteiger partial charge in [0.1, 0.15) is 0 Å². The molecule has 1 saturated heterocycles. The van der Waals surface area contributed by atoms with Crippen LogP contribution in [0, 0.1) is 12.8 Å². The molecule has 2 heterocycles. The van der Waals surface area contributed by atoms with Crippen molar-refractivity contribution in [3.63, 3.8) is 0 Å². The minimum Gasteiger partial charge on any atom is -0.338 e. The van der Waals surface area contributed by atoms with Crippen LogP contribution in [0.2, 0.25) is 0 Å². The van der Waals surface area contributed by atoms with Gasteiger partial charge in [-0.1, -0.05) is 103 Å². The molecule has 0 radical (unpaired) electrons. The SMILES string of the molecule is Cc1nc(N2CCN(C(c3ccccc3)c3ccccc3)CC2)nc2c1C(=O)C[C@@H](/C=C/c1ccccc1)C2. The second-order valence-electron chi connectivity index (χ2n) is 10.5. The number of aromatic nitrogens is 2. The first-order valence-corrected chi connectivity index (χ1v) is 13.9. The molecule has 5 heteroatoms. The molecule has 1 aliphatic carbocycles. The van der Waals surface area contributed by atoms with E-state index in [9.17, 15) is 4.79 Å². The number of Topliss-reactive ketones (excluding diaryl/α,β-unsaturated/α-hetero) is 1. The number of anilines is 1. The summed E-state index contributed by atoms with van der Waals surface area (Å²) in [6.45, 7) is 5.48. The quantitative estimate of drug-likeness (QED) is 0.309. The van der Waals surface area contributed by atoms with Crippen LogP contribution in [0.4, 0.5) is 5.95 Å². The molecular formula is C34H34N4O. The number of rotatable bonds is 6. The third kappa shape index (κ3) is 5.55. The van der Waals surface area contributed by atoms with Crippen LogP contribution in [0.3, 0.4) is 0 Å². The summed E-state index contributed by atoms with van der Waals surface area (Å²) in [6.07, 6.45) is 5.57. The molecule has 0 unspecified atom stereocenters. The summed E-state index contributed by atoms with van der Waals surface area (Å²) in [7, 11) is 0. The van der Waals surface area contributed by atoms with E-state index in [0.717, 1.165) is 61.1 Å². The monoisotopic (exact) mass is 514 g/mol. The Kier molecular flexibility index (Phi) is 7.33. The van der Waals surface area contributed by atoms with E-state index in [0.29, 0.717) is 6.42 Å². The first-order valence-electron chi connectivity index (χ1n) is 13.9. The van der Waals surface area contributed by atoms with Crippen LogP contribution >= 0.6 is 0 Å². The number of carbonyl (C=O) groups excluding carboxylic acids is 1. The molecular weight excluding hydrogens is 480 g/mol. The van der Waals surface area contributed by atoms with Crippen molar-refractivity contribution in [3.05, 3.63) is 131 Å². The molecule has 1 atom stereocenters. The van der Waals surface area contributed by atoms with Crippen molar-refractivity contribution in [1.29, 1.82) is 0 Å². The number of piperazine rings is 1. The smallest absolute Gasteiger partial charge is 0.225 e. The van der Waals surface area contributed by atoms with E-state index in [4.69, 9.17) is 9.97 Å². The van der Waals surface area contributed by atoms with Gasteiger partial charge >= 0.3 is 0 Å². The molecule has 0 amide bonds. The molecule has 4 aromatic rings. The summed E-state index contributed by atoms with van der Waals surface area (Å²) >= 11 is 0. The van der Waals surface area contributed by atoms with Crippen molar-refractivity contribution in [1.82, 2.24) is 14.9 Å². The number of carbonyl (C=O) groups is 1. The zero-order valence-corrected chi connectivity index (χ0v) is 22.4. The predicted molar refractivity (Wildman–Crippen MR) is 157 cm³/mol. The van der Waals surface area contributed by atoms with Crippen molar-refractivity contribution in [3.8, 4) is 0 Å². The zero-order chi connectivity index (χ0) is 26.6. The number of benzene rings is 3. The van der Waals surface area contributed by atoms with E-state index in [1.165, 1.54) is 11.1 Å². The van der Waals surface area contributed by atoms with Gasteiger partial charge in [-0.25, -0.2) is 9.97 Å². The highest BCUT2D eigenvalue weighted by Crippen LogP contribution is 2.32. The second-order valence-corrected chi connectivity index (χ2v) is 10.5. The Morgan fingerprint density at radius 2 is 1.36 bits per heavy atom. The van der Waals surface area contributed by atoms with Crippen molar-refractivity contribution in [2.24, 2.45) is 5.92 Å². The Balaban J connectivity index is 1.19. The van der Waals surface area contributed by atoms with E-state index in [-0.39, 0.29) is 17.7 Å². The minimum atomic E-state index is 0.154. The third-order valence-electron chi connectivity index (χ3n) is 7.89. The predicted octanol–water partition coefficient (Wildman–Crippen LogP) is 6.16. The van der Waals surface area contributed by atoms with Crippen molar-refractivity contribution in [2.75, 3.05) is 31.1 Å². The summed E-state index contributed by atoms with van der Waals surface area (Å²) in [6, 6.07) is 32.0. The number of ketones is 1. The molecule has 6 rings (SSSR count). The van der Waals surface area contributed by atoms with Gasteiger partial charge in [-0.2, -0.15) is 0 Å². The van der Waals surface area contributed by atoms with Gasteiger partial charge in [-0.15, -0.1) is 0 Å². The number of hydrogen-bond donors (Lipinski definition) is 0. The van der Waals surface area contributed by atoms with Crippen molar-refractivity contribution < 1.29 is 4.79 Å². The highest BCUT2D eigenvalue weighted by molar-refractivity contribution is 5.99. The molecule has 39 heavy (non-hydrogen) atoms. The van der Waals surface area contributed by atoms with Crippen LogP contribution in [0.1, 0.15) is 50.9 Å². The molecule has 1 fully saturated rings. The summed E-state index contributed by atoms with van der Waals surface area (Å²) in [5.41, 5.74) is 6.20. The van der Waals surface area contributed by atoms with Gasteiger partial charge in [0.2, 0.25) is 5.95 Å². The third-order valence-corrected chi connectivity index (χ3v) is 7.89. The molecule has 196 valence electrons. The Labute approximate surface area is 230 Å². The van der Waals surface area contributed by atoms with Gasteiger partial charge in [0, 0.05) is 32.6 Å². The lowest BCUT2D eigenvalue weighted by Gasteiger charge is -2.40. The van der Waals surface area contributed by atoms with Gasteiger partial charge < -0.3 is 4.90 Å². The molecule has 0 spiro atoms. The maximum absolute atomic E-state index is 13.1. The fraction of sp³-hybridized carbons (Fsp3) is 0.265. The maximum atomic E-state index is 13.1. The lowest BCUT2D eigenvalue weighted by Crippen LogP contribution is -2.48. The first kappa shape index (κ1) is 25.2. The maximum Gasteiger partial charge on any atom is 0.225 e. The zero-order valence-electron chi connectivity index (χ0n) is 22.4. The van der Waals surface area contributed by atoms with Gasteiger partial charge in [-0.3, -0.25) is 9.69 Å². The summed E-state index contributed by atoms with van der Waals surface area (Å²) in [5, 5.41) is 0. The molecule has 0 bridgehead atoms. The van der Waals surface area contributed by atoms with E-state index < -0.39 is 0 Å². The van der Waals surface area contributed by atoms with Gasteiger partial charge in [0.25, 0.3) is 0 Å². The highest BCUT2D eigenvalue weighted by atomic mass is 16.1. The standard InChI is InChI=1S/C34H34N4O/c1-25-32-30(23-27(24-31(32)39)18-17-26-11-5-2-6-12-26)36-34(35-25)38-21-19-37(20-22-38)33(28-13-7-3-8-14-28)29-15-9-4-10-16-29/h2-18,27,33H,19-24H2,1H3/b18-17+/t27-/m0/s1. The fourth-order valence-corrected chi connectivity index (χ4v) is 5.94. The molecule has 1 aromatic heterocycles. The Bertz CT molecular complexity index is 1410. The number of aryl methyl sites for hydroxylation is 1. The van der Waals surface area contributed by atoms with Crippen molar-refractivity contribution in [2.45, 2.75) is 25.8 Å². The Hall–Kier alpha value is -4.09. The van der Waals surface area contributed by atoms with Gasteiger partial charge in [0.15, 0.2) is 5.78 Å². The van der Waals surface area contributed by atoms with Crippen LogP contribution < -0.4 is 4.90 Å². The Morgan fingerprint density at radius 1 is 0.769 bits per heavy atom. The molecule has 3 aromatic carbocycles. The first-order chi connectivity index (χ1) is 19.2. The highest BCUT2D eigenvalue weighted by Gasteiger charge is 2.31. The molecule has 2 aliphatic rings. The van der Waals surface area contributed by atoms with Crippen molar-refractivity contribution >= 4 is 17.8 Å². The number of allylic oxidation sites excluding steroid dienone is 1. The van der Waals surface area contributed by atoms with Gasteiger partial charge in [0.05, 0.1) is 23.0 Å². The van der Waals surface area contributed by atoms with E-state index in [2.05, 4.69) is 94.7 Å². The van der Waals surface area contributed by atoms with E-state index in [1.54, 1.807) is 0 Å². The van der Waals surface area contributed by atoms with Crippen LogP contribution in [-0.2, 0) is 6.42 Å². The Morgan fingerprint density at radius 3 is 1.97 bits per heavy atom. The molecule has 0 saturated carbocycles. The molecule has 0 N–H and O–H groups in total. The summed E-state index contributed by atoms with van der Waals surface area (Å²) in [5.74, 6) is 1.06. The largest absolute Gasteiger partial charge is 0.338 e. The lowest BCUT2D eigenvalue weighted by atomic mass is 9.85. The van der Waals surface area contributed by atoms with E-state index >= 15 is 0 Å². The van der Waals surface area contributed by atoms with Crippen LogP contribution in [0.5, 0.6) is 0 Å². The minimum absolute atomic E-state index is 0.154. The van der Waals surface area contributed by atoms with Crippen LogP contribution in [0.15, 0.2) is 97.1 Å². The molecule has 1 aliphatic heterocycles. The normalized spacial score (nSPS) is 18.1. The topological polar surface area (TPSA) is 49.3 Å². The average molecular weight is 515 g/mol. The summed E-state index contributed by atoms with van der Waals surface area (Å²) in [4.78, 5) is 27.7. The fourth-order valence-electron chi connectivity index (χ4n) is 5.94. The number of hydrogen-bond acceptors (Lipinski definition) is 5. The summed E-state index contributed by atoms with van der Waals surface area (Å²) < 4.78 is 0. The lowest BCUT2D eigenvalue weighted by molar-refractivity contribution is 0.0956. The number of fused-ring (bicyclic) bond motifs is 1. The van der Waals surface area contributed by atoms with Crippen LogP contribution in [0.25, 0.3) is 6.08 Å². The van der Waals surface area contributed by atoms with E-state index in [1.807, 2.05) is 25.1 Å².